The molecular weight excluding hydrogens is 212 g/mol. The van der Waals surface area contributed by atoms with Crippen LogP contribution >= 0.6 is 0 Å². The molecule has 2 atom stereocenters. The normalized spacial score (nSPS) is 21.5. The maximum Gasteiger partial charge on any atom is 0.0513 e. The third-order valence-electron chi connectivity index (χ3n) is 3.49. The highest BCUT2D eigenvalue weighted by Gasteiger charge is 2.25. The molecule has 1 aliphatic heterocycles. The van der Waals surface area contributed by atoms with E-state index in [-0.39, 0.29) is 0 Å². The van der Waals surface area contributed by atoms with E-state index in [0.717, 1.165) is 19.6 Å². The lowest BCUT2D eigenvalue weighted by Gasteiger charge is -2.24. The minimum atomic E-state index is 0.400. The van der Waals surface area contributed by atoms with Gasteiger partial charge < -0.3 is 15.0 Å². The summed E-state index contributed by atoms with van der Waals surface area (Å²) in [7, 11) is 6.18. The first-order valence-corrected chi connectivity index (χ1v) is 6.24. The predicted molar refractivity (Wildman–Crippen MR) is 71.5 cm³/mol. The zero-order valence-electron chi connectivity index (χ0n) is 10.9. The summed E-state index contributed by atoms with van der Waals surface area (Å²) in [6, 6.07) is 9.13. The van der Waals surface area contributed by atoms with Crippen LogP contribution in [-0.2, 0) is 4.74 Å². The molecule has 0 bridgehead atoms. The number of nitrogens with one attached hydrogen (secondary N) is 1. The van der Waals surface area contributed by atoms with Crippen molar-refractivity contribution in [3.05, 3.63) is 29.8 Å². The number of hydrogen-bond acceptors (Lipinski definition) is 3. The molecule has 17 heavy (non-hydrogen) atoms. The summed E-state index contributed by atoms with van der Waals surface area (Å²) >= 11 is 0. The van der Waals surface area contributed by atoms with Crippen molar-refractivity contribution < 1.29 is 4.74 Å². The van der Waals surface area contributed by atoms with E-state index in [2.05, 4.69) is 48.6 Å². The van der Waals surface area contributed by atoms with Crippen molar-refractivity contribution in [2.75, 3.05) is 39.3 Å². The highest BCUT2D eigenvalue weighted by molar-refractivity contribution is 5.48. The van der Waals surface area contributed by atoms with Gasteiger partial charge in [0.1, 0.15) is 0 Å². The lowest BCUT2D eigenvalue weighted by Crippen LogP contribution is -2.25. The van der Waals surface area contributed by atoms with Crippen LogP contribution in [0, 0.1) is 5.92 Å². The Balaban J connectivity index is 2.20. The molecule has 0 radical (unpaired) electrons. The van der Waals surface area contributed by atoms with E-state index in [1.54, 1.807) is 0 Å². The molecule has 1 aromatic rings. The molecule has 2 rings (SSSR count). The van der Waals surface area contributed by atoms with Gasteiger partial charge in [0.25, 0.3) is 0 Å². The summed E-state index contributed by atoms with van der Waals surface area (Å²) in [4.78, 5) is 2.14. The van der Waals surface area contributed by atoms with Crippen LogP contribution in [0.3, 0.4) is 0 Å². The third kappa shape index (κ3) is 2.79. The highest BCUT2D eigenvalue weighted by atomic mass is 16.5. The second kappa shape index (κ2) is 5.52. The van der Waals surface area contributed by atoms with Gasteiger partial charge in [-0.1, -0.05) is 12.1 Å². The topological polar surface area (TPSA) is 24.5 Å². The van der Waals surface area contributed by atoms with Crippen LogP contribution in [-0.4, -0.2) is 34.4 Å². The number of nitrogens with zero attached hydrogens (tertiary/aromatic N) is 1. The molecule has 1 aliphatic rings. The first-order chi connectivity index (χ1) is 8.22. The molecule has 0 amide bonds. The summed E-state index contributed by atoms with van der Waals surface area (Å²) in [5, 5.41) is 3.43. The Morgan fingerprint density at radius 2 is 2.24 bits per heavy atom. The van der Waals surface area contributed by atoms with Crippen molar-refractivity contribution >= 4 is 5.69 Å². The van der Waals surface area contributed by atoms with Crippen LogP contribution in [0.5, 0.6) is 0 Å². The summed E-state index contributed by atoms with van der Waals surface area (Å²) in [6.07, 6.45) is 1.15. The number of rotatable bonds is 4. The van der Waals surface area contributed by atoms with E-state index < -0.39 is 0 Å². The second-order valence-corrected chi connectivity index (χ2v) is 4.88. The molecule has 0 aromatic heterocycles. The largest absolute Gasteiger partial charge is 0.381 e. The fraction of sp³-hybridized carbons (Fsp3) is 0.571. The van der Waals surface area contributed by atoms with Gasteiger partial charge in [-0.2, -0.15) is 0 Å². The van der Waals surface area contributed by atoms with Crippen molar-refractivity contribution in [2.45, 2.75) is 12.5 Å². The van der Waals surface area contributed by atoms with Gasteiger partial charge in [-0.25, -0.2) is 0 Å². The van der Waals surface area contributed by atoms with Crippen molar-refractivity contribution in [2.24, 2.45) is 5.92 Å². The van der Waals surface area contributed by atoms with Gasteiger partial charge in [0.05, 0.1) is 6.61 Å². The zero-order valence-corrected chi connectivity index (χ0v) is 10.9. The molecule has 3 heteroatoms. The van der Waals surface area contributed by atoms with Crippen molar-refractivity contribution in [3.63, 3.8) is 0 Å². The van der Waals surface area contributed by atoms with E-state index >= 15 is 0 Å². The third-order valence-corrected chi connectivity index (χ3v) is 3.49. The maximum atomic E-state index is 5.49. The molecule has 1 aromatic carbocycles. The van der Waals surface area contributed by atoms with Crippen LogP contribution < -0.4 is 10.2 Å². The van der Waals surface area contributed by atoms with Crippen LogP contribution in [0.4, 0.5) is 5.69 Å². The number of anilines is 1. The maximum absolute atomic E-state index is 5.49. The standard InChI is InChI=1S/C14H22N2O/c1-15-14(12-7-8-17-10-12)11-5-4-6-13(9-11)16(2)3/h4-6,9,12,14-15H,7-8,10H2,1-3H3. The first-order valence-electron chi connectivity index (χ1n) is 6.24. The average Bonchev–Trinajstić information content (AvgIpc) is 2.84. The van der Waals surface area contributed by atoms with Gasteiger partial charge in [0.2, 0.25) is 0 Å². The van der Waals surface area contributed by atoms with E-state index in [9.17, 15) is 0 Å². The summed E-state index contributed by atoms with van der Waals surface area (Å²) in [5.74, 6) is 0.595. The summed E-state index contributed by atoms with van der Waals surface area (Å²) in [5.41, 5.74) is 2.61. The molecule has 0 saturated carbocycles. The fourth-order valence-electron chi connectivity index (χ4n) is 2.49. The van der Waals surface area contributed by atoms with Crippen molar-refractivity contribution in [1.82, 2.24) is 5.32 Å². The first kappa shape index (κ1) is 12.4. The number of ether oxygens (including phenoxy) is 1. The van der Waals surface area contributed by atoms with Gasteiger partial charge in [0, 0.05) is 38.3 Å². The SMILES string of the molecule is CNC(c1cccc(N(C)C)c1)C1CCOC1. The minimum Gasteiger partial charge on any atom is -0.381 e. The molecule has 0 spiro atoms. The monoisotopic (exact) mass is 234 g/mol. The van der Waals surface area contributed by atoms with Gasteiger partial charge in [-0.3, -0.25) is 0 Å². The highest BCUT2D eigenvalue weighted by Crippen LogP contribution is 2.30. The van der Waals surface area contributed by atoms with E-state index in [4.69, 9.17) is 4.74 Å². The minimum absolute atomic E-state index is 0.400. The molecular formula is C14H22N2O. The summed E-state index contributed by atoms with van der Waals surface area (Å²) in [6.45, 7) is 1.77. The van der Waals surface area contributed by atoms with E-state index in [1.807, 2.05) is 7.05 Å². The van der Waals surface area contributed by atoms with Crippen LogP contribution in [0.25, 0.3) is 0 Å². The molecule has 3 nitrogen and oxygen atoms in total. The van der Waals surface area contributed by atoms with Crippen molar-refractivity contribution in [3.8, 4) is 0 Å². The predicted octanol–water partition coefficient (Wildman–Crippen LogP) is 2.05. The Hall–Kier alpha value is -1.06. The van der Waals surface area contributed by atoms with Gasteiger partial charge >= 0.3 is 0 Å². The number of benzene rings is 1. The Kier molecular flexibility index (Phi) is 4.02. The quantitative estimate of drug-likeness (QED) is 0.863. The molecule has 94 valence electrons. The smallest absolute Gasteiger partial charge is 0.0513 e. The molecule has 1 fully saturated rings. The zero-order chi connectivity index (χ0) is 12.3. The van der Waals surface area contributed by atoms with E-state index in [0.29, 0.717) is 12.0 Å². The van der Waals surface area contributed by atoms with Gasteiger partial charge in [0.15, 0.2) is 0 Å². The lowest BCUT2D eigenvalue weighted by atomic mass is 9.92. The Labute approximate surface area is 104 Å². The molecule has 1 heterocycles. The van der Waals surface area contributed by atoms with Crippen LogP contribution in [0.1, 0.15) is 18.0 Å². The van der Waals surface area contributed by atoms with Gasteiger partial charge in [-0.15, -0.1) is 0 Å². The fourth-order valence-corrected chi connectivity index (χ4v) is 2.49. The molecule has 1 saturated heterocycles. The molecule has 0 aliphatic carbocycles. The summed E-state index contributed by atoms with van der Waals surface area (Å²) < 4.78 is 5.49. The Morgan fingerprint density at radius 1 is 1.41 bits per heavy atom. The second-order valence-electron chi connectivity index (χ2n) is 4.88. The Morgan fingerprint density at radius 3 is 2.82 bits per heavy atom. The Bertz CT molecular complexity index is 359. The lowest BCUT2D eigenvalue weighted by molar-refractivity contribution is 0.178. The molecule has 1 N–H and O–H groups in total. The number of hydrogen-bond donors (Lipinski definition) is 1. The van der Waals surface area contributed by atoms with Crippen LogP contribution in [0.15, 0.2) is 24.3 Å². The van der Waals surface area contributed by atoms with Crippen molar-refractivity contribution in [1.29, 1.82) is 0 Å². The van der Waals surface area contributed by atoms with E-state index in [1.165, 1.54) is 11.3 Å². The molecule has 2 unspecified atom stereocenters. The average molecular weight is 234 g/mol. The van der Waals surface area contributed by atoms with Crippen LogP contribution in [0.2, 0.25) is 0 Å². The van der Waals surface area contributed by atoms with Gasteiger partial charge in [-0.05, 0) is 31.2 Å².